The van der Waals surface area contributed by atoms with E-state index in [1.807, 2.05) is 0 Å². The number of carbonyl (C=O) groups excluding carboxylic acids is 2. The molecule has 2 aromatic heterocycles. The lowest BCUT2D eigenvalue weighted by Gasteiger charge is -2.21. The molecular weight excluding hydrogens is 564 g/mol. The topological polar surface area (TPSA) is 140 Å². The average Bonchev–Trinajstić information content (AvgIpc) is 3.49. The van der Waals surface area contributed by atoms with Crippen molar-refractivity contribution in [2.24, 2.45) is 0 Å². The first-order valence-corrected chi connectivity index (χ1v) is 13.3. The van der Waals surface area contributed by atoms with Crippen molar-refractivity contribution in [3.8, 4) is 28.8 Å². The highest BCUT2D eigenvalue weighted by Gasteiger charge is 2.43. The number of nitrogens with one attached hydrogen (secondary N) is 1. The van der Waals surface area contributed by atoms with Gasteiger partial charge < -0.3 is 24.1 Å². The van der Waals surface area contributed by atoms with Gasteiger partial charge in [-0.05, 0) is 70.5 Å². The van der Waals surface area contributed by atoms with E-state index in [0.717, 1.165) is 10.2 Å². The molecule has 0 saturated heterocycles. The fourth-order valence-electron chi connectivity index (χ4n) is 4.69. The number of nitriles is 1. The molecule has 0 saturated carbocycles. The summed E-state index contributed by atoms with van der Waals surface area (Å²) < 4.78 is 42.8. The van der Waals surface area contributed by atoms with E-state index < -0.39 is 35.8 Å². The molecule has 13 heteroatoms. The number of aryl methyl sites for hydroxylation is 1. The molecule has 3 heterocycles. The maximum atomic E-state index is 13.6. The smallest absolute Gasteiger partial charge is 0.448 e. The fraction of sp³-hybridized carbons (Fsp3) is 0.300. The minimum Gasteiger partial charge on any atom is -0.448 e. The summed E-state index contributed by atoms with van der Waals surface area (Å²) in [4.78, 5) is 41.3. The van der Waals surface area contributed by atoms with E-state index in [1.54, 1.807) is 52.8 Å². The summed E-state index contributed by atoms with van der Waals surface area (Å²) in [6, 6.07) is 12.3. The van der Waals surface area contributed by atoms with Crippen LogP contribution in [-0.2, 0) is 11.3 Å². The molecule has 0 spiro atoms. The number of aromatic nitrogens is 2. The van der Waals surface area contributed by atoms with Crippen molar-refractivity contribution in [1.29, 1.82) is 5.26 Å². The third-order valence-electron chi connectivity index (χ3n) is 6.42. The number of hydrogen-bond donors (Lipinski definition) is 1. The molecule has 0 fully saturated rings. The molecule has 0 unspecified atom stereocenters. The molecule has 0 atom stereocenters. The Bertz CT molecular complexity index is 1880. The number of alkyl halides is 2. The number of benzene rings is 2. The quantitative estimate of drug-likeness (QED) is 0.339. The van der Waals surface area contributed by atoms with Crippen LogP contribution in [0.25, 0.3) is 22.2 Å². The van der Waals surface area contributed by atoms with E-state index in [2.05, 4.69) is 26.0 Å². The van der Waals surface area contributed by atoms with E-state index in [1.165, 1.54) is 29.2 Å². The molecule has 1 aliphatic rings. The second kappa shape index (κ2) is 10.5. The Balaban J connectivity index is 1.59. The Kier molecular flexibility index (Phi) is 7.17. The van der Waals surface area contributed by atoms with Crippen LogP contribution in [0.5, 0.6) is 11.5 Å². The van der Waals surface area contributed by atoms with E-state index in [-0.39, 0.29) is 46.2 Å². The van der Waals surface area contributed by atoms with Gasteiger partial charge >= 0.3 is 6.29 Å². The van der Waals surface area contributed by atoms with Crippen LogP contribution >= 0.6 is 0 Å². The number of amides is 2. The van der Waals surface area contributed by atoms with Gasteiger partial charge in [0.25, 0.3) is 11.5 Å². The summed E-state index contributed by atoms with van der Waals surface area (Å²) >= 11 is 0. The zero-order valence-corrected chi connectivity index (χ0v) is 23.9. The van der Waals surface area contributed by atoms with E-state index in [0.29, 0.717) is 11.1 Å². The van der Waals surface area contributed by atoms with Crippen molar-refractivity contribution >= 4 is 28.5 Å². The molecule has 4 aromatic rings. The largest absolute Gasteiger partial charge is 0.586 e. The lowest BCUT2D eigenvalue weighted by molar-refractivity contribution is -0.286. The van der Waals surface area contributed by atoms with Crippen LogP contribution in [0, 0.1) is 18.3 Å². The van der Waals surface area contributed by atoms with Crippen LogP contribution < -0.4 is 25.2 Å². The first-order valence-electron chi connectivity index (χ1n) is 13.3. The van der Waals surface area contributed by atoms with Gasteiger partial charge in [0.2, 0.25) is 5.91 Å². The van der Waals surface area contributed by atoms with Gasteiger partial charge in [-0.2, -0.15) is 10.4 Å². The minimum atomic E-state index is -3.82. The van der Waals surface area contributed by atoms with Crippen molar-refractivity contribution in [2.45, 2.75) is 53.0 Å². The molecule has 5 rings (SSSR count). The fourth-order valence-corrected chi connectivity index (χ4v) is 4.69. The predicted octanol–water partition coefficient (Wildman–Crippen LogP) is 4.74. The molecular formula is C30H27F2N5O6. The Morgan fingerprint density at radius 2 is 1.84 bits per heavy atom. The zero-order valence-electron chi connectivity index (χ0n) is 23.9. The number of likely N-dealkylation sites (N-methyl/N-ethyl adjacent to an activating group) is 1. The van der Waals surface area contributed by atoms with Crippen LogP contribution in [0.15, 0.2) is 51.7 Å². The number of furan rings is 1. The van der Waals surface area contributed by atoms with Crippen molar-refractivity contribution in [3.63, 3.8) is 0 Å². The number of rotatable bonds is 6. The van der Waals surface area contributed by atoms with E-state index in [9.17, 15) is 28.4 Å². The number of halogens is 2. The van der Waals surface area contributed by atoms with Crippen molar-refractivity contribution < 1.29 is 32.3 Å². The normalized spacial score (nSPS) is 13.5. The Morgan fingerprint density at radius 3 is 2.51 bits per heavy atom. The second-order valence-electron chi connectivity index (χ2n) is 11.0. The summed E-state index contributed by atoms with van der Waals surface area (Å²) in [5.41, 5.74) is 0.628. The van der Waals surface area contributed by atoms with Crippen LogP contribution in [0.2, 0.25) is 0 Å². The lowest BCUT2D eigenvalue weighted by atomic mass is 10.0. The highest BCUT2D eigenvalue weighted by atomic mass is 19.3. The third-order valence-corrected chi connectivity index (χ3v) is 6.42. The second-order valence-corrected chi connectivity index (χ2v) is 11.0. The average molecular weight is 592 g/mol. The SMILES string of the molecule is CCN(C(=O)Cn1nc(-c2cc(C)cc(C#N)c2)c2oc(C(=O)NC(C)(C)C)cc2c1=O)c1ccc2c(c1)OC(F)(F)O2. The minimum absolute atomic E-state index is 0.00484. The van der Waals surface area contributed by atoms with Gasteiger partial charge in [-0.3, -0.25) is 14.4 Å². The van der Waals surface area contributed by atoms with Gasteiger partial charge in [-0.25, -0.2) is 4.68 Å². The molecule has 11 nitrogen and oxygen atoms in total. The highest BCUT2D eigenvalue weighted by Crippen LogP contribution is 2.43. The lowest BCUT2D eigenvalue weighted by Crippen LogP contribution is -2.40. The van der Waals surface area contributed by atoms with E-state index >= 15 is 0 Å². The number of fused-ring (bicyclic) bond motifs is 2. The summed E-state index contributed by atoms with van der Waals surface area (Å²) in [6.45, 7) is 8.43. The molecule has 1 N–H and O–H groups in total. The molecule has 0 aliphatic carbocycles. The van der Waals surface area contributed by atoms with Gasteiger partial charge in [0.05, 0.1) is 17.0 Å². The third kappa shape index (κ3) is 5.90. The number of nitrogens with zero attached hydrogens (tertiary/aromatic N) is 4. The highest BCUT2D eigenvalue weighted by molar-refractivity contribution is 5.99. The summed E-state index contributed by atoms with van der Waals surface area (Å²) in [6.07, 6.45) is -3.82. The van der Waals surface area contributed by atoms with E-state index in [4.69, 9.17) is 4.42 Å². The number of hydrogen-bond acceptors (Lipinski definition) is 8. The van der Waals surface area contributed by atoms with Gasteiger partial charge in [0.1, 0.15) is 12.2 Å². The summed E-state index contributed by atoms with van der Waals surface area (Å²) in [5.74, 6) is -1.67. The van der Waals surface area contributed by atoms with Crippen LogP contribution in [0.4, 0.5) is 14.5 Å². The zero-order chi connectivity index (χ0) is 31.3. The van der Waals surface area contributed by atoms with Gasteiger partial charge in [0.15, 0.2) is 22.8 Å². The first-order chi connectivity index (χ1) is 20.2. The molecule has 1 aliphatic heterocycles. The Hall–Kier alpha value is -5.25. The Morgan fingerprint density at radius 1 is 1.12 bits per heavy atom. The van der Waals surface area contributed by atoms with Crippen LogP contribution in [-0.4, -0.2) is 40.0 Å². The van der Waals surface area contributed by atoms with Gasteiger partial charge in [0, 0.05) is 35.5 Å². The number of anilines is 1. The molecule has 0 bridgehead atoms. The van der Waals surface area contributed by atoms with Crippen LogP contribution in [0.3, 0.4) is 0 Å². The molecule has 222 valence electrons. The van der Waals surface area contributed by atoms with Crippen molar-refractivity contribution in [1.82, 2.24) is 15.1 Å². The first kappa shape index (κ1) is 29.2. The van der Waals surface area contributed by atoms with Crippen LogP contribution in [0.1, 0.15) is 49.4 Å². The van der Waals surface area contributed by atoms with Gasteiger partial charge in [-0.1, -0.05) is 0 Å². The van der Waals surface area contributed by atoms with Crippen molar-refractivity contribution in [2.75, 3.05) is 11.4 Å². The molecule has 2 aromatic carbocycles. The summed E-state index contributed by atoms with van der Waals surface area (Å²) in [5, 5.41) is 16.7. The van der Waals surface area contributed by atoms with Gasteiger partial charge in [-0.15, -0.1) is 8.78 Å². The predicted molar refractivity (Wildman–Crippen MR) is 151 cm³/mol. The monoisotopic (exact) mass is 591 g/mol. The number of carbonyl (C=O) groups is 2. The number of ether oxygens (including phenoxy) is 2. The summed E-state index contributed by atoms with van der Waals surface area (Å²) in [7, 11) is 0. The maximum Gasteiger partial charge on any atom is 0.586 e. The van der Waals surface area contributed by atoms with Crippen molar-refractivity contribution in [3.05, 3.63) is 69.7 Å². The molecule has 43 heavy (non-hydrogen) atoms. The molecule has 0 radical (unpaired) electrons. The standard InChI is InChI=1S/C30H27F2N5O6/c1-6-36(19-7-8-21-22(12-19)43-30(31,32)42-21)24(38)15-37-28(40)20-13-23(27(39)34-29(3,4)5)41-26(20)25(35-37)18-10-16(2)9-17(11-18)14-33/h7-13H,6,15H2,1-5H3,(H,34,39). The Labute approximate surface area is 244 Å². The molecule has 2 amide bonds. The maximum absolute atomic E-state index is 13.6.